The number of hydrogen-bond acceptors (Lipinski definition) is 4. The molecule has 0 bridgehead atoms. The Labute approximate surface area is 106 Å². The molecule has 0 radical (unpaired) electrons. The molecule has 1 rings (SSSR count). The summed E-state index contributed by atoms with van der Waals surface area (Å²) in [7, 11) is 1.11. The lowest BCUT2D eigenvalue weighted by atomic mass is 10.0. The molecule has 0 spiro atoms. The smallest absolute Gasteiger partial charge is 0.378 e. The fourth-order valence-corrected chi connectivity index (χ4v) is 1.41. The average molecular weight is 248 g/mol. The Hall–Kier alpha value is -2.10. The number of aliphatic hydroxyl groups excluding tert-OH is 1. The quantitative estimate of drug-likeness (QED) is 0.385. The van der Waals surface area contributed by atoms with Crippen LogP contribution in [0, 0.1) is 0 Å². The molecular weight excluding hydrogens is 232 g/mol. The second kappa shape index (κ2) is 6.00. The van der Waals surface area contributed by atoms with E-state index in [4.69, 9.17) is 0 Å². The van der Waals surface area contributed by atoms with Crippen molar-refractivity contribution in [1.29, 1.82) is 0 Å². The van der Waals surface area contributed by atoms with E-state index in [0.29, 0.717) is 11.5 Å². The molecule has 96 valence electrons. The summed E-state index contributed by atoms with van der Waals surface area (Å²) in [5, 5.41) is 9.70. The van der Waals surface area contributed by atoms with Crippen LogP contribution in [0.15, 0.2) is 30.3 Å². The van der Waals surface area contributed by atoms with Gasteiger partial charge in [0.1, 0.15) is 5.76 Å². The first-order valence-corrected chi connectivity index (χ1v) is 5.59. The van der Waals surface area contributed by atoms with E-state index in [1.54, 1.807) is 12.1 Å². The largest absolute Gasteiger partial charge is 0.507 e. The fraction of sp³-hybridized carbons (Fsp3) is 0.286. The van der Waals surface area contributed by atoms with Crippen molar-refractivity contribution in [2.24, 2.45) is 0 Å². The van der Waals surface area contributed by atoms with Gasteiger partial charge in [0.2, 0.25) is 0 Å². The molecule has 0 saturated heterocycles. The van der Waals surface area contributed by atoms with Gasteiger partial charge in [-0.1, -0.05) is 38.1 Å². The summed E-state index contributed by atoms with van der Waals surface area (Å²) in [6.45, 7) is 4.12. The Morgan fingerprint density at radius 1 is 1.22 bits per heavy atom. The molecule has 0 aliphatic heterocycles. The molecule has 4 heteroatoms. The Balaban J connectivity index is 2.90. The summed E-state index contributed by atoms with van der Waals surface area (Å²) in [5.74, 6) is -1.74. The summed E-state index contributed by atoms with van der Waals surface area (Å²) < 4.78 is 4.26. The lowest BCUT2D eigenvalue weighted by Crippen LogP contribution is -2.13. The minimum Gasteiger partial charge on any atom is -0.507 e. The minimum atomic E-state index is -1.000. The third kappa shape index (κ3) is 3.45. The van der Waals surface area contributed by atoms with E-state index in [9.17, 15) is 14.7 Å². The highest BCUT2D eigenvalue weighted by atomic mass is 16.5. The molecule has 4 nitrogen and oxygen atoms in total. The van der Waals surface area contributed by atoms with Gasteiger partial charge in [-0.25, -0.2) is 4.79 Å². The second-order valence-corrected chi connectivity index (χ2v) is 4.16. The summed E-state index contributed by atoms with van der Waals surface area (Å²) in [5.41, 5.74) is 1.61. The Morgan fingerprint density at radius 2 is 1.78 bits per heavy atom. The van der Waals surface area contributed by atoms with Gasteiger partial charge in [-0.05, 0) is 11.5 Å². The van der Waals surface area contributed by atoms with Crippen LogP contribution in [0.3, 0.4) is 0 Å². The van der Waals surface area contributed by atoms with Crippen LogP contribution in [0.4, 0.5) is 0 Å². The molecule has 0 heterocycles. The number of rotatable bonds is 4. The standard InChI is InChI=1S/C14H16O4/c1-9(2)10-4-6-11(7-5-10)12(15)8-13(16)14(17)18-3/h4-9,15H,1-3H3/b12-8-. The number of hydrogen-bond donors (Lipinski definition) is 1. The summed E-state index contributed by atoms with van der Waals surface area (Å²) >= 11 is 0. The molecule has 0 atom stereocenters. The van der Waals surface area contributed by atoms with Gasteiger partial charge in [-0.2, -0.15) is 0 Å². The van der Waals surface area contributed by atoms with Crippen LogP contribution in [0.5, 0.6) is 0 Å². The third-order valence-electron chi connectivity index (χ3n) is 2.53. The number of carbonyl (C=O) groups is 2. The number of ketones is 1. The first-order valence-electron chi connectivity index (χ1n) is 5.59. The van der Waals surface area contributed by atoms with Crippen LogP contribution in [-0.2, 0) is 14.3 Å². The van der Waals surface area contributed by atoms with Gasteiger partial charge < -0.3 is 9.84 Å². The van der Waals surface area contributed by atoms with Crippen molar-refractivity contribution in [3.05, 3.63) is 41.5 Å². The van der Waals surface area contributed by atoms with Crippen molar-refractivity contribution in [2.45, 2.75) is 19.8 Å². The van der Waals surface area contributed by atoms with Crippen molar-refractivity contribution >= 4 is 17.5 Å². The normalized spacial score (nSPS) is 11.4. The van der Waals surface area contributed by atoms with Gasteiger partial charge in [0.05, 0.1) is 7.11 Å². The van der Waals surface area contributed by atoms with Crippen LogP contribution < -0.4 is 0 Å². The predicted molar refractivity (Wildman–Crippen MR) is 68.2 cm³/mol. The van der Waals surface area contributed by atoms with Gasteiger partial charge in [0.15, 0.2) is 0 Å². The van der Waals surface area contributed by atoms with Crippen LogP contribution >= 0.6 is 0 Å². The fourth-order valence-electron chi connectivity index (χ4n) is 1.41. The monoisotopic (exact) mass is 248 g/mol. The zero-order valence-electron chi connectivity index (χ0n) is 10.6. The van der Waals surface area contributed by atoms with Crippen LogP contribution in [0.25, 0.3) is 5.76 Å². The van der Waals surface area contributed by atoms with E-state index in [1.807, 2.05) is 12.1 Å². The molecule has 1 aromatic rings. The van der Waals surface area contributed by atoms with Crippen molar-refractivity contribution in [2.75, 3.05) is 7.11 Å². The van der Waals surface area contributed by atoms with Gasteiger partial charge >= 0.3 is 5.97 Å². The highest BCUT2D eigenvalue weighted by molar-refractivity contribution is 6.39. The zero-order valence-corrected chi connectivity index (χ0v) is 10.6. The maximum atomic E-state index is 11.2. The molecule has 0 amide bonds. The maximum Gasteiger partial charge on any atom is 0.378 e. The Kier molecular flexibility index (Phi) is 4.66. The molecule has 0 fully saturated rings. The molecule has 18 heavy (non-hydrogen) atoms. The van der Waals surface area contributed by atoms with Gasteiger partial charge in [0.25, 0.3) is 5.78 Å². The summed E-state index contributed by atoms with van der Waals surface area (Å²) in [6, 6.07) is 7.14. The Bertz CT molecular complexity index is 469. The molecule has 1 aromatic carbocycles. The predicted octanol–water partition coefficient (Wildman–Crippen LogP) is 2.45. The molecular formula is C14H16O4. The molecule has 0 saturated carbocycles. The van der Waals surface area contributed by atoms with Crippen LogP contribution in [0.2, 0.25) is 0 Å². The molecule has 0 aliphatic rings. The molecule has 0 aliphatic carbocycles. The first kappa shape index (κ1) is 14.0. The van der Waals surface area contributed by atoms with Gasteiger partial charge in [-0.3, -0.25) is 4.79 Å². The third-order valence-corrected chi connectivity index (χ3v) is 2.53. The Morgan fingerprint density at radius 3 is 2.22 bits per heavy atom. The minimum absolute atomic E-state index is 0.249. The number of benzene rings is 1. The highest BCUT2D eigenvalue weighted by Gasteiger charge is 2.12. The summed E-state index contributed by atoms with van der Waals surface area (Å²) in [6.07, 6.45) is 0.857. The molecule has 1 N–H and O–H groups in total. The lowest BCUT2D eigenvalue weighted by molar-refractivity contribution is -0.149. The SMILES string of the molecule is COC(=O)C(=O)/C=C(\O)c1ccc(C(C)C)cc1. The van der Waals surface area contributed by atoms with E-state index in [0.717, 1.165) is 18.7 Å². The van der Waals surface area contributed by atoms with E-state index < -0.39 is 11.8 Å². The van der Waals surface area contributed by atoms with E-state index in [1.165, 1.54) is 0 Å². The molecule has 0 aromatic heterocycles. The van der Waals surface area contributed by atoms with E-state index >= 15 is 0 Å². The van der Waals surface area contributed by atoms with E-state index in [-0.39, 0.29) is 5.76 Å². The van der Waals surface area contributed by atoms with Crippen molar-refractivity contribution in [3.63, 3.8) is 0 Å². The van der Waals surface area contributed by atoms with Crippen LogP contribution in [-0.4, -0.2) is 24.0 Å². The van der Waals surface area contributed by atoms with Crippen molar-refractivity contribution in [1.82, 2.24) is 0 Å². The van der Waals surface area contributed by atoms with Crippen molar-refractivity contribution < 1.29 is 19.4 Å². The van der Waals surface area contributed by atoms with Crippen LogP contribution in [0.1, 0.15) is 30.9 Å². The number of carbonyl (C=O) groups excluding carboxylic acids is 2. The lowest BCUT2D eigenvalue weighted by Gasteiger charge is -2.06. The highest BCUT2D eigenvalue weighted by Crippen LogP contribution is 2.18. The first-order chi connectivity index (χ1) is 8.45. The second-order valence-electron chi connectivity index (χ2n) is 4.16. The van der Waals surface area contributed by atoms with Crippen molar-refractivity contribution in [3.8, 4) is 0 Å². The number of esters is 1. The summed E-state index contributed by atoms with van der Waals surface area (Å²) in [4.78, 5) is 22.1. The van der Waals surface area contributed by atoms with E-state index in [2.05, 4.69) is 18.6 Å². The zero-order chi connectivity index (χ0) is 13.7. The van der Waals surface area contributed by atoms with Gasteiger partial charge in [-0.15, -0.1) is 0 Å². The van der Waals surface area contributed by atoms with Gasteiger partial charge in [0, 0.05) is 11.6 Å². The topological polar surface area (TPSA) is 63.6 Å². The maximum absolute atomic E-state index is 11.2. The number of methoxy groups -OCH3 is 1. The average Bonchev–Trinajstić information content (AvgIpc) is 2.37. The number of ether oxygens (including phenoxy) is 1. The number of aliphatic hydroxyl groups is 1. The molecule has 0 unspecified atom stereocenters.